The van der Waals surface area contributed by atoms with Crippen molar-refractivity contribution in [3.8, 4) is 0 Å². The fourth-order valence-electron chi connectivity index (χ4n) is 3.60. The van der Waals surface area contributed by atoms with Gasteiger partial charge in [0, 0.05) is 37.6 Å². The monoisotopic (exact) mass is 356 g/mol. The third-order valence-corrected chi connectivity index (χ3v) is 5.59. The highest BCUT2D eigenvalue weighted by atomic mass is 79.9. The third-order valence-electron chi connectivity index (χ3n) is 4.69. The Bertz CT molecular complexity index is 452. The van der Waals surface area contributed by atoms with Gasteiger partial charge in [0.25, 0.3) is 0 Å². The summed E-state index contributed by atoms with van der Waals surface area (Å²) in [5.74, 6) is 0. The molecule has 0 aromatic heterocycles. The average Bonchev–Trinajstić information content (AvgIpc) is 3.01. The summed E-state index contributed by atoms with van der Waals surface area (Å²) in [6, 6.07) is 7.06. The Balaban J connectivity index is 1.68. The van der Waals surface area contributed by atoms with Crippen molar-refractivity contribution in [1.82, 2.24) is 4.90 Å². The van der Waals surface area contributed by atoms with Crippen LogP contribution in [0.3, 0.4) is 0 Å². The van der Waals surface area contributed by atoms with E-state index in [1.54, 1.807) is 0 Å². The van der Waals surface area contributed by atoms with Crippen LogP contribution in [-0.2, 0) is 5.33 Å². The van der Waals surface area contributed by atoms with Gasteiger partial charge in [-0.25, -0.2) is 0 Å². The van der Waals surface area contributed by atoms with Crippen LogP contribution in [0.25, 0.3) is 0 Å². The molecular weight excluding hydrogens is 336 g/mol. The number of nitrogens with zero attached hydrogens (tertiary/aromatic N) is 2. The first-order chi connectivity index (χ1) is 9.79. The van der Waals surface area contributed by atoms with E-state index in [9.17, 15) is 0 Å². The van der Waals surface area contributed by atoms with Gasteiger partial charge < -0.3 is 4.90 Å². The van der Waals surface area contributed by atoms with Crippen molar-refractivity contribution in [3.63, 3.8) is 0 Å². The summed E-state index contributed by atoms with van der Waals surface area (Å²) < 4.78 is 0. The Morgan fingerprint density at radius 3 is 2.45 bits per heavy atom. The van der Waals surface area contributed by atoms with Gasteiger partial charge in [-0.05, 0) is 24.5 Å². The van der Waals surface area contributed by atoms with Crippen molar-refractivity contribution in [3.05, 3.63) is 28.8 Å². The van der Waals surface area contributed by atoms with Gasteiger partial charge in [-0.15, -0.1) is 0 Å². The van der Waals surface area contributed by atoms with Crippen LogP contribution in [0.1, 0.15) is 31.2 Å². The molecule has 0 unspecified atom stereocenters. The average molecular weight is 358 g/mol. The lowest BCUT2D eigenvalue weighted by atomic mass is 10.1. The second kappa shape index (κ2) is 6.67. The van der Waals surface area contributed by atoms with Gasteiger partial charge in [0.1, 0.15) is 0 Å². The van der Waals surface area contributed by atoms with Crippen LogP contribution in [-0.4, -0.2) is 37.1 Å². The fraction of sp³-hybridized carbons (Fsp3) is 0.625. The van der Waals surface area contributed by atoms with Crippen LogP contribution < -0.4 is 4.90 Å². The quantitative estimate of drug-likeness (QED) is 0.744. The molecule has 1 aliphatic heterocycles. The molecule has 1 saturated heterocycles. The molecule has 0 radical (unpaired) electrons. The second-order valence-electron chi connectivity index (χ2n) is 5.84. The van der Waals surface area contributed by atoms with E-state index in [1.165, 1.54) is 50.0 Å². The normalized spacial score (nSPS) is 21.6. The first-order valence-electron chi connectivity index (χ1n) is 7.62. The number of hydrogen-bond donors (Lipinski definition) is 0. The minimum Gasteiger partial charge on any atom is -0.368 e. The summed E-state index contributed by atoms with van der Waals surface area (Å²) in [6.45, 7) is 4.55. The Hall–Kier alpha value is -0.250. The molecule has 1 aromatic rings. The fourth-order valence-corrected chi connectivity index (χ4v) is 4.37. The predicted molar refractivity (Wildman–Crippen MR) is 90.1 cm³/mol. The SMILES string of the molecule is Clc1cccc(CBr)c1N1CCN(C2CCCC2)CC1. The zero-order chi connectivity index (χ0) is 13.9. The largest absolute Gasteiger partial charge is 0.368 e. The Morgan fingerprint density at radius 2 is 1.80 bits per heavy atom. The highest BCUT2D eigenvalue weighted by molar-refractivity contribution is 9.08. The topological polar surface area (TPSA) is 6.48 Å². The van der Waals surface area contributed by atoms with Gasteiger partial charge in [0.2, 0.25) is 0 Å². The van der Waals surface area contributed by atoms with E-state index < -0.39 is 0 Å². The molecule has 3 rings (SSSR count). The number of hydrogen-bond acceptors (Lipinski definition) is 2. The predicted octanol–water partition coefficient (Wildman–Crippen LogP) is 4.30. The van der Waals surface area contributed by atoms with Gasteiger partial charge >= 0.3 is 0 Å². The zero-order valence-corrected chi connectivity index (χ0v) is 14.2. The summed E-state index contributed by atoms with van der Waals surface area (Å²) in [7, 11) is 0. The highest BCUT2D eigenvalue weighted by Crippen LogP contribution is 2.33. The van der Waals surface area contributed by atoms with E-state index >= 15 is 0 Å². The van der Waals surface area contributed by atoms with Crippen molar-refractivity contribution in [2.45, 2.75) is 37.1 Å². The standard InChI is InChI=1S/C16H22BrClN2/c17-12-13-4-3-7-15(18)16(13)20-10-8-19(9-11-20)14-5-1-2-6-14/h3-4,7,14H,1-2,5-6,8-12H2. The Kier molecular flexibility index (Phi) is 4.90. The van der Waals surface area contributed by atoms with E-state index in [1.807, 2.05) is 12.1 Å². The van der Waals surface area contributed by atoms with Crippen molar-refractivity contribution >= 4 is 33.2 Å². The molecule has 0 N–H and O–H groups in total. The number of alkyl halides is 1. The molecule has 1 saturated carbocycles. The first kappa shape index (κ1) is 14.7. The molecule has 0 amide bonds. The second-order valence-corrected chi connectivity index (χ2v) is 6.81. The summed E-state index contributed by atoms with van der Waals surface area (Å²) in [5.41, 5.74) is 2.53. The van der Waals surface area contributed by atoms with Gasteiger partial charge in [0.05, 0.1) is 10.7 Å². The van der Waals surface area contributed by atoms with Crippen molar-refractivity contribution in [1.29, 1.82) is 0 Å². The van der Waals surface area contributed by atoms with E-state index in [0.29, 0.717) is 0 Å². The maximum atomic E-state index is 6.43. The van der Waals surface area contributed by atoms with Crippen LogP contribution in [0.2, 0.25) is 5.02 Å². The molecule has 2 nitrogen and oxygen atoms in total. The highest BCUT2D eigenvalue weighted by Gasteiger charge is 2.27. The van der Waals surface area contributed by atoms with Crippen LogP contribution in [0, 0.1) is 0 Å². The number of benzene rings is 1. The summed E-state index contributed by atoms with van der Waals surface area (Å²) in [4.78, 5) is 5.15. The zero-order valence-electron chi connectivity index (χ0n) is 11.8. The summed E-state index contributed by atoms with van der Waals surface area (Å²) in [6.07, 6.45) is 5.64. The van der Waals surface area contributed by atoms with E-state index in [0.717, 1.165) is 29.5 Å². The van der Waals surface area contributed by atoms with Gasteiger partial charge in [0.15, 0.2) is 0 Å². The number of anilines is 1. The lowest BCUT2D eigenvalue weighted by Gasteiger charge is -2.40. The van der Waals surface area contributed by atoms with Crippen LogP contribution in [0.4, 0.5) is 5.69 Å². The molecule has 20 heavy (non-hydrogen) atoms. The van der Waals surface area contributed by atoms with Crippen LogP contribution in [0.15, 0.2) is 18.2 Å². The number of rotatable bonds is 3. The van der Waals surface area contributed by atoms with E-state index in [2.05, 4.69) is 31.8 Å². The maximum Gasteiger partial charge on any atom is 0.0642 e. The minimum absolute atomic E-state index is 0.846. The molecule has 2 fully saturated rings. The van der Waals surface area contributed by atoms with Gasteiger partial charge in [-0.2, -0.15) is 0 Å². The molecule has 4 heteroatoms. The molecule has 0 atom stereocenters. The van der Waals surface area contributed by atoms with Crippen molar-refractivity contribution in [2.24, 2.45) is 0 Å². The maximum absolute atomic E-state index is 6.43. The molecule has 0 bridgehead atoms. The van der Waals surface area contributed by atoms with Gasteiger partial charge in [-0.3, -0.25) is 4.90 Å². The lowest BCUT2D eigenvalue weighted by Crippen LogP contribution is -2.50. The lowest BCUT2D eigenvalue weighted by molar-refractivity contribution is 0.187. The number of para-hydroxylation sites is 1. The van der Waals surface area contributed by atoms with Crippen molar-refractivity contribution < 1.29 is 0 Å². The van der Waals surface area contributed by atoms with Crippen LogP contribution in [0.5, 0.6) is 0 Å². The molecule has 1 aliphatic carbocycles. The van der Waals surface area contributed by atoms with Crippen LogP contribution >= 0.6 is 27.5 Å². The summed E-state index contributed by atoms with van der Waals surface area (Å²) in [5, 5.41) is 1.75. The van der Waals surface area contributed by atoms with Crippen molar-refractivity contribution in [2.75, 3.05) is 31.1 Å². The minimum atomic E-state index is 0.846. The summed E-state index contributed by atoms with van der Waals surface area (Å²) >= 11 is 10.0. The molecule has 2 aliphatic rings. The molecule has 0 spiro atoms. The molecule has 1 heterocycles. The number of halogens is 2. The first-order valence-corrected chi connectivity index (χ1v) is 9.12. The molecule has 110 valence electrons. The smallest absolute Gasteiger partial charge is 0.0642 e. The Labute approximate surface area is 135 Å². The molecule has 1 aromatic carbocycles. The van der Waals surface area contributed by atoms with Gasteiger partial charge in [-0.1, -0.05) is 52.5 Å². The Morgan fingerprint density at radius 1 is 1.10 bits per heavy atom. The number of piperazine rings is 1. The molecular formula is C16H22BrClN2. The third kappa shape index (κ3) is 3.00. The van der Waals surface area contributed by atoms with E-state index in [-0.39, 0.29) is 0 Å². The van der Waals surface area contributed by atoms with E-state index in [4.69, 9.17) is 11.6 Å².